The molecule has 0 spiro atoms. The molecular weight excluding hydrogens is 427 g/mol. The average molecular weight is 464 g/mol. The molecular formula is C26H36F3N3O. The molecule has 3 unspecified atom stereocenters. The van der Waals surface area contributed by atoms with E-state index >= 15 is 0 Å². The van der Waals surface area contributed by atoms with Crippen molar-refractivity contribution < 1.29 is 18.0 Å². The molecule has 3 N–H and O–H groups in total. The Hall–Kier alpha value is -2.54. The monoisotopic (exact) mass is 463 g/mol. The third-order valence-corrected chi connectivity index (χ3v) is 6.08. The van der Waals surface area contributed by atoms with Crippen molar-refractivity contribution in [3.05, 3.63) is 65.7 Å². The highest BCUT2D eigenvalue weighted by Crippen LogP contribution is 2.40. The number of alkyl halides is 3. The van der Waals surface area contributed by atoms with Gasteiger partial charge in [-0.2, -0.15) is 13.2 Å². The van der Waals surface area contributed by atoms with E-state index in [1.165, 1.54) is 12.1 Å². The molecule has 2 aromatic rings. The van der Waals surface area contributed by atoms with Gasteiger partial charge >= 0.3 is 6.18 Å². The molecule has 3 atom stereocenters. The van der Waals surface area contributed by atoms with E-state index in [1.54, 1.807) is 0 Å². The van der Waals surface area contributed by atoms with Gasteiger partial charge in [0, 0.05) is 31.7 Å². The van der Waals surface area contributed by atoms with Crippen LogP contribution in [0.1, 0.15) is 50.2 Å². The molecule has 0 saturated heterocycles. The number of carbonyl (C=O) groups is 1. The van der Waals surface area contributed by atoms with Crippen LogP contribution in [-0.4, -0.2) is 32.6 Å². The predicted octanol–water partition coefficient (Wildman–Crippen LogP) is 5.68. The van der Waals surface area contributed by atoms with Gasteiger partial charge in [-0.3, -0.25) is 4.79 Å². The molecule has 33 heavy (non-hydrogen) atoms. The Morgan fingerprint density at radius 1 is 1.15 bits per heavy atom. The molecule has 1 aliphatic heterocycles. The van der Waals surface area contributed by atoms with Gasteiger partial charge in [-0.05, 0) is 61.4 Å². The maximum atomic E-state index is 13.0. The van der Waals surface area contributed by atoms with Crippen LogP contribution in [0, 0.1) is 11.8 Å². The van der Waals surface area contributed by atoms with Crippen LogP contribution in [0.2, 0.25) is 0 Å². The summed E-state index contributed by atoms with van der Waals surface area (Å²) in [5, 5.41) is 9.15. The molecule has 0 fully saturated rings. The summed E-state index contributed by atoms with van der Waals surface area (Å²) in [6.07, 6.45) is -2.01. The topological polar surface area (TPSA) is 53.2 Å². The van der Waals surface area contributed by atoms with Crippen LogP contribution in [0.15, 0.2) is 54.6 Å². The normalized spacial score (nSPS) is 18.2. The number of carbonyl (C=O) groups excluding carboxylic acids is 1. The van der Waals surface area contributed by atoms with Crippen molar-refractivity contribution in [2.75, 3.05) is 32.0 Å². The van der Waals surface area contributed by atoms with E-state index in [0.717, 1.165) is 36.7 Å². The fraction of sp³-hybridized carbons (Fsp3) is 0.500. The van der Waals surface area contributed by atoms with E-state index in [4.69, 9.17) is 0 Å². The summed E-state index contributed by atoms with van der Waals surface area (Å²) in [4.78, 5) is 11.7. The van der Waals surface area contributed by atoms with Gasteiger partial charge in [-0.1, -0.05) is 50.2 Å². The van der Waals surface area contributed by atoms with Gasteiger partial charge in [0.25, 0.3) is 0 Å². The lowest BCUT2D eigenvalue weighted by molar-refractivity contribution is -0.137. The fourth-order valence-corrected chi connectivity index (χ4v) is 3.90. The zero-order chi connectivity index (χ0) is 24.3. The maximum absolute atomic E-state index is 13.0. The third-order valence-electron chi connectivity index (χ3n) is 6.08. The van der Waals surface area contributed by atoms with Crippen LogP contribution < -0.4 is 16.0 Å². The molecule has 1 aliphatic rings. The minimum absolute atomic E-state index is 0.0394. The average Bonchev–Trinajstić information content (AvgIpc) is 2.81. The molecule has 4 nitrogen and oxygen atoms in total. The van der Waals surface area contributed by atoms with Gasteiger partial charge in [0.15, 0.2) is 0 Å². The Morgan fingerprint density at radius 3 is 2.36 bits per heavy atom. The lowest BCUT2D eigenvalue weighted by Gasteiger charge is -2.33. The second kappa shape index (κ2) is 13.2. The number of hydrogen-bond acceptors (Lipinski definition) is 3. The quantitative estimate of drug-likeness (QED) is 0.472. The van der Waals surface area contributed by atoms with Gasteiger partial charge < -0.3 is 16.0 Å². The first kappa shape index (κ1) is 26.7. The van der Waals surface area contributed by atoms with E-state index in [-0.39, 0.29) is 17.7 Å². The van der Waals surface area contributed by atoms with Crippen LogP contribution in [0.5, 0.6) is 0 Å². The minimum Gasteiger partial charge on any atom is -0.385 e. The van der Waals surface area contributed by atoms with Gasteiger partial charge in [-0.25, -0.2) is 0 Å². The smallest absolute Gasteiger partial charge is 0.385 e. The lowest BCUT2D eigenvalue weighted by Crippen LogP contribution is -2.31. The number of halogens is 3. The van der Waals surface area contributed by atoms with Gasteiger partial charge in [0.1, 0.15) is 0 Å². The van der Waals surface area contributed by atoms with Gasteiger partial charge in [-0.15, -0.1) is 0 Å². The summed E-state index contributed by atoms with van der Waals surface area (Å²) in [7, 11) is 1.81. The van der Waals surface area contributed by atoms with E-state index < -0.39 is 11.7 Å². The van der Waals surface area contributed by atoms with Crippen LogP contribution >= 0.6 is 0 Å². The molecule has 0 saturated carbocycles. The van der Waals surface area contributed by atoms with Crippen LogP contribution in [0.4, 0.5) is 18.9 Å². The Kier molecular flexibility index (Phi) is 10.7. The van der Waals surface area contributed by atoms with Crippen molar-refractivity contribution in [2.24, 2.45) is 11.8 Å². The minimum atomic E-state index is -4.32. The summed E-state index contributed by atoms with van der Waals surface area (Å²) in [5.41, 5.74) is 0.957. The van der Waals surface area contributed by atoms with Crippen LogP contribution in [-0.2, 0) is 11.0 Å². The summed E-state index contributed by atoms with van der Waals surface area (Å²) in [5.74, 6) is 0.723. The van der Waals surface area contributed by atoms with Crippen molar-refractivity contribution in [3.8, 4) is 0 Å². The van der Waals surface area contributed by atoms with Gasteiger partial charge in [0.2, 0.25) is 5.91 Å². The molecule has 2 aromatic carbocycles. The standard InChI is InChI=1S/C20H30F3N3O.C6H6/c1-13(11-26-19(27)8-9-24-3)4-5-15-12-25-18-7-6-16(20(21,22)23)10-17(18)14(15)2;1-2-4-6-5-3-1/h6-7,10,13-15,24-25H,4-5,8-9,11-12H2,1-3H3,(H,26,27);1-6H. The number of benzene rings is 2. The lowest BCUT2D eigenvalue weighted by atomic mass is 9.79. The maximum Gasteiger partial charge on any atom is 0.416 e. The largest absolute Gasteiger partial charge is 0.416 e. The number of fused-ring (bicyclic) bond motifs is 1. The summed E-state index contributed by atoms with van der Waals surface area (Å²) in [6, 6.07) is 16.0. The van der Waals surface area contributed by atoms with E-state index in [1.807, 2.05) is 50.4 Å². The molecule has 1 amide bonds. The first-order chi connectivity index (χ1) is 15.7. The molecule has 1 heterocycles. The summed E-state index contributed by atoms with van der Waals surface area (Å²) < 4.78 is 39.0. The number of anilines is 1. The third kappa shape index (κ3) is 9.08. The van der Waals surface area contributed by atoms with Crippen molar-refractivity contribution in [3.63, 3.8) is 0 Å². The number of amides is 1. The molecule has 3 rings (SSSR count). The molecule has 0 bridgehead atoms. The number of rotatable bonds is 8. The SMILES string of the molecule is CNCCC(=O)NCC(C)CCC1CNc2ccc(C(F)(F)F)cc2C1C.c1ccccc1. The highest BCUT2D eigenvalue weighted by molar-refractivity contribution is 5.76. The molecule has 0 radical (unpaired) electrons. The second-order valence-corrected chi connectivity index (χ2v) is 8.72. The van der Waals surface area contributed by atoms with Crippen LogP contribution in [0.3, 0.4) is 0 Å². The Bertz CT molecular complexity index is 816. The van der Waals surface area contributed by atoms with E-state index in [2.05, 4.69) is 22.9 Å². The van der Waals surface area contributed by atoms with Crippen LogP contribution in [0.25, 0.3) is 0 Å². The van der Waals surface area contributed by atoms with Gasteiger partial charge in [0.05, 0.1) is 5.56 Å². The number of nitrogens with one attached hydrogen (secondary N) is 3. The summed E-state index contributed by atoms with van der Waals surface area (Å²) >= 11 is 0. The van der Waals surface area contributed by atoms with Crippen molar-refractivity contribution >= 4 is 11.6 Å². The second-order valence-electron chi connectivity index (χ2n) is 8.72. The zero-order valence-corrected chi connectivity index (χ0v) is 19.7. The molecule has 182 valence electrons. The zero-order valence-electron chi connectivity index (χ0n) is 19.7. The summed E-state index contributed by atoms with van der Waals surface area (Å²) in [6.45, 7) is 6.15. The number of hydrogen-bond donors (Lipinski definition) is 3. The van der Waals surface area contributed by atoms with E-state index in [9.17, 15) is 18.0 Å². The molecule has 0 aliphatic carbocycles. The Labute approximate surface area is 195 Å². The fourth-order valence-electron chi connectivity index (χ4n) is 3.90. The highest BCUT2D eigenvalue weighted by Gasteiger charge is 2.33. The van der Waals surface area contributed by atoms with E-state index in [0.29, 0.717) is 25.4 Å². The Morgan fingerprint density at radius 2 is 1.79 bits per heavy atom. The highest BCUT2D eigenvalue weighted by atomic mass is 19.4. The Balaban J connectivity index is 0.000000554. The first-order valence-electron chi connectivity index (χ1n) is 11.6. The molecule has 7 heteroatoms. The van der Waals surface area contributed by atoms with Crippen molar-refractivity contribution in [1.82, 2.24) is 10.6 Å². The van der Waals surface area contributed by atoms with Crippen molar-refractivity contribution in [2.45, 2.75) is 45.2 Å². The molecule has 0 aromatic heterocycles. The predicted molar refractivity (Wildman–Crippen MR) is 128 cm³/mol. The first-order valence-corrected chi connectivity index (χ1v) is 11.6. The van der Waals surface area contributed by atoms with Crippen molar-refractivity contribution in [1.29, 1.82) is 0 Å².